The first-order valence-electron chi connectivity index (χ1n) is 6.61. The van der Waals surface area contributed by atoms with Crippen molar-refractivity contribution in [3.63, 3.8) is 0 Å². The highest BCUT2D eigenvalue weighted by molar-refractivity contribution is 5.78. The molecule has 0 aliphatic rings. The van der Waals surface area contributed by atoms with Gasteiger partial charge in [-0.15, -0.1) is 0 Å². The van der Waals surface area contributed by atoms with E-state index in [2.05, 4.69) is 17.4 Å². The van der Waals surface area contributed by atoms with Crippen molar-refractivity contribution in [1.82, 2.24) is 5.32 Å². The van der Waals surface area contributed by atoms with Crippen LogP contribution in [0.25, 0.3) is 0 Å². The molecular formula is C17H19NO. The number of amides is 1. The summed E-state index contributed by atoms with van der Waals surface area (Å²) in [6.07, 6.45) is 0.779. The highest BCUT2D eigenvalue weighted by Gasteiger charge is 2.12. The van der Waals surface area contributed by atoms with Gasteiger partial charge in [0, 0.05) is 12.5 Å². The van der Waals surface area contributed by atoms with Crippen molar-refractivity contribution in [2.75, 3.05) is 0 Å². The van der Waals surface area contributed by atoms with Crippen molar-refractivity contribution in [3.8, 4) is 0 Å². The zero-order chi connectivity index (χ0) is 13.5. The molecule has 0 aromatic heterocycles. The summed E-state index contributed by atoms with van der Waals surface area (Å²) >= 11 is 0. The minimum absolute atomic E-state index is 0.00823. The lowest BCUT2D eigenvalue weighted by atomic mass is 10.0. The monoisotopic (exact) mass is 253 g/mol. The molecule has 0 saturated heterocycles. The second-order valence-corrected chi connectivity index (χ2v) is 4.79. The lowest BCUT2D eigenvalue weighted by Crippen LogP contribution is -2.29. The maximum absolute atomic E-state index is 12.0. The molecule has 0 unspecified atom stereocenters. The zero-order valence-electron chi connectivity index (χ0n) is 11.2. The molecular weight excluding hydrogens is 234 g/mol. The summed E-state index contributed by atoms with van der Waals surface area (Å²) in [6, 6.07) is 20.1. The first-order chi connectivity index (χ1) is 9.25. The van der Waals surface area contributed by atoms with Crippen molar-refractivity contribution in [2.45, 2.75) is 19.9 Å². The maximum Gasteiger partial charge on any atom is 0.223 e. The van der Waals surface area contributed by atoms with Crippen LogP contribution in [0.1, 0.15) is 18.1 Å². The third kappa shape index (κ3) is 4.25. The van der Waals surface area contributed by atoms with Gasteiger partial charge in [-0.25, -0.2) is 0 Å². The van der Waals surface area contributed by atoms with Gasteiger partial charge >= 0.3 is 0 Å². The van der Waals surface area contributed by atoms with Gasteiger partial charge in [0.05, 0.1) is 0 Å². The van der Waals surface area contributed by atoms with Crippen molar-refractivity contribution in [2.24, 2.45) is 5.92 Å². The van der Waals surface area contributed by atoms with Crippen molar-refractivity contribution >= 4 is 5.91 Å². The third-order valence-corrected chi connectivity index (χ3v) is 3.14. The Balaban J connectivity index is 1.83. The van der Waals surface area contributed by atoms with Gasteiger partial charge in [-0.05, 0) is 17.5 Å². The van der Waals surface area contributed by atoms with Gasteiger partial charge in [-0.3, -0.25) is 4.79 Å². The van der Waals surface area contributed by atoms with Gasteiger partial charge in [0.25, 0.3) is 0 Å². The van der Waals surface area contributed by atoms with Crippen LogP contribution < -0.4 is 5.32 Å². The molecule has 0 spiro atoms. The fourth-order valence-corrected chi connectivity index (χ4v) is 2.02. The lowest BCUT2D eigenvalue weighted by molar-refractivity contribution is -0.124. The van der Waals surface area contributed by atoms with Gasteiger partial charge < -0.3 is 5.32 Å². The van der Waals surface area contributed by atoms with E-state index in [1.54, 1.807) is 0 Å². The molecule has 2 rings (SSSR count). The average molecular weight is 253 g/mol. The fraction of sp³-hybridized carbons (Fsp3) is 0.235. The Morgan fingerprint density at radius 3 is 2.05 bits per heavy atom. The number of carbonyl (C=O) groups excluding carboxylic acids is 1. The smallest absolute Gasteiger partial charge is 0.223 e. The van der Waals surface area contributed by atoms with Crippen molar-refractivity contribution in [1.29, 1.82) is 0 Å². The molecule has 0 heterocycles. The molecule has 1 atom stereocenters. The molecule has 1 N–H and O–H groups in total. The summed E-state index contributed by atoms with van der Waals surface area (Å²) in [4.78, 5) is 12.0. The standard InChI is InChI=1S/C17H19NO/c1-14(12-15-8-4-2-5-9-15)17(19)18-13-16-10-6-3-7-11-16/h2-11,14H,12-13H2,1H3,(H,18,19)/t14-/m1/s1. The highest BCUT2D eigenvalue weighted by atomic mass is 16.1. The second kappa shape index (κ2) is 6.74. The van der Waals surface area contributed by atoms with Gasteiger partial charge in [0.2, 0.25) is 5.91 Å². The van der Waals surface area contributed by atoms with Crippen LogP contribution in [0.15, 0.2) is 60.7 Å². The van der Waals surface area contributed by atoms with Crippen molar-refractivity contribution < 1.29 is 4.79 Å². The number of hydrogen-bond donors (Lipinski definition) is 1. The summed E-state index contributed by atoms with van der Waals surface area (Å²) < 4.78 is 0. The molecule has 2 aromatic rings. The molecule has 0 radical (unpaired) electrons. The average Bonchev–Trinajstić information content (AvgIpc) is 2.47. The Kier molecular flexibility index (Phi) is 4.73. The number of nitrogens with one attached hydrogen (secondary N) is 1. The van der Waals surface area contributed by atoms with E-state index < -0.39 is 0 Å². The normalized spacial score (nSPS) is 11.8. The first-order valence-corrected chi connectivity index (χ1v) is 6.61. The first kappa shape index (κ1) is 13.3. The highest BCUT2D eigenvalue weighted by Crippen LogP contribution is 2.08. The van der Waals surface area contributed by atoms with Crippen LogP contribution in [0.5, 0.6) is 0 Å². The Morgan fingerprint density at radius 1 is 0.947 bits per heavy atom. The molecule has 2 aromatic carbocycles. The van der Waals surface area contributed by atoms with E-state index in [-0.39, 0.29) is 11.8 Å². The minimum Gasteiger partial charge on any atom is -0.352 e. The maximum atomic E-state index is 12.0. The van der Waals surface area contributed by atoms with Gasteiger partial charge in [-0.2, -0.15) is 0 Å². The van der Waals surface area contributed by atoms with Crippen LogP contribution in [0.2, 0.25) is 0 Å². The molecule has 0 aliphatic carbocycles. The Hall–Kier alpha value is -2.09. The molecule has 1 amide bonds. The summed E-state index contributed by atoms with van der Waals surface area (Å²) in [7, 11) is 0. The Labute approximate surface area is 114 Å². The Bertz CT molecular complexity index is 507. The largest absolute Gasteiger partial charge is 0.352 e. The zero-order valence-corrected chi connectivity index (χ0v) is 11.2. The third-order valence-electron chi connectivity index (χ3n) is 3.14. The predicted molar refractivity (Wildman–Crippen MR) is 77.6 cm³/mol. The molecule has 0 fully saturated rings. The van der Waals surface area contributed by atoms with Crippen LogP contribution in [-0.4, -0.2) is 5.91 Å². The number of carbonyl (C=O) groups is 1. The molecule has 2 nitrogen and oxygen atoms in total. The lowest BCUT2D eigenvalue weighted by Gasteiger charge is -2.12. The van der Waals surface area contributed by atoms with E-state index in [4.69, 9.17) is 0 Å². The SMILES string of the molecule is C[C@H](Cc1ccccc1)C(=O)NCc1ccccc1. The number of benzene rings is 2. The van der Waals surface area contributed by atoms with Crippen LogP contribution in [0, 0.1) is 5.92 Å². The van der Waals surface area contributed by atoms with Crippen LogP contribution in [0.3, 0.4) is 0 Å². The second-order valence-electron chi connectivity index (χ2n) is 4.79. The van der Waals surface area contributed by atoms with E-state index in [9.17, 15) is 4.79 Å². The quantitative estimate of drug-likeness (QED) is 0.871. The summed E-state index contributed by atoms with van der Waals surface area (Å²) in [5.74, 6) is 0.0961. The van der Waals surface area contributed by atoms with E-state index in [1.165, 1.54) is 5.56 Å². The Morgan fingerprint density at radius 2 is 1.47 bits per heavy atom. The van der Waals surface area contributed by atoms with Gasteiger partial charge in [0.15, 0.2) is 0 Å². The minimum atomic E-state index is -0.00823. The number of hydrogen-bond acceptors (Lipinski definition) is 1. The molecule has 0 bridgehead atoms. The van der Waals surface area contributed by atoms with Gasteiger partial charge in [0.1, 0.15) is 0 Å². The molecule has 98 valence electrons. The van der Waals surface area contributed by atoms with Crippen molar-refractivity contribution in [3.05, 3.63) is 71.8 Å². The predicted octanol–water partition coefficient (Wildman–Crippen LogP) is 3.18. The van der Waals surface area contributed by atoms with E-state index in [0.717, 1.165) is 12.0 Å². The summed E-state index contributed by atoms with van der Waals surface area (Å²) in [5.41, 5.74) is 2.33. The molecule has 19 heavy (non-hydrogen) atoms. The topological polar surface area (TPSA) is 29.1 Å². The van der Waals surface area contributed by atoms with E-state index in [1.807, 2.05) is 55.5 Å². The number of rotatable bonds is 5. The summed E-state index contributed by atoms with van der Waals surface area (Å²) in [5, 5.41) is 2.98. The van der Waals surface area contributed by atoms with Crippen LogP contribution >= 0.6 is 0 Å². The van der Waals surface area contributed by atoms with E-state index in [0.29, 0.717) is 6.54 Å². The summed E-state index contributed by atoms with van der Waals surface area (Å²) in [6.45, 7) is 2.56. The van der Waals surface area contributed by atoms with Gasteiger partial charge in [-0.1, -0.05) is 67.6 Å². The molecule has 0 saturated carbocycles. The van der Waals surface area contributed by atoms with E-state index >= 15 is 0 Å². The fourth-order valence-electron chi connectivity index (χ4n) is 2.02. The van der Waals surface area contributed by atoms with Crippen LogP contribution in [0.4, 0.5) is 0 Å². The molecule has 0 aliphatic heterocycles. The molecule has 2 heteroatoms. The van der Waals surface area contributed by atoms with Crippen LogP contribution in [-0.2, 0) is 17.8 Å².